The number of fused-ring (bicyclic) bond motifs is 12. The largest absolute Gasteiger partial charge is 0.456 e. The summed E-state index contributed by atoms with van der Waals surface area (Å²) in [6, 6.07) is 85.7. The van der Waals surface area contributed by atoms with Gasteiger partial charge in [-0.1, -0.05) is 158 Å². The van der Waals surface area contributed by atoms with Gasteiger partial charge in [0.1, 0.15) is 22.3 Å². The summed E-state index contributed by atoms with van der Waals surface area (Å²) >= 11 is 1.84. The van der Waals surface area contributed by atoms with Crippen molar-refractivity contribution in [1.29, 1.82) is 0 Å². The number of nitrogens with zero attached hydrogens (tertiary/aromatic N) is 4. The molecule has 5 heterocycles. The molecule has 7 heteroatoms. The molecule has 16 aromatic rings. The van der Waals surface area contributed by atoms with Crippen LogP contribution >= 0.6 is 11.3 Å². The zero-order valence-electron chi connectivity index (χ0n) is 40.6. The smallest absolute Gasteiger partial charge is 0.164 e. The number of para-hydroxylation sites is 2. The number of hydrogen-bond donors (Lipinski definition) is 0. The van der Waals surface area contributed by atoms with Gasteiger partial charge in [-0.05, 0) is 118 Å². The number of rotatable bonds is 7. The fraction of sp³-hybridized carbons (Fsp3) is 0. The number of furan rings is 2. The predicted molar refractivity (Wildman–Crippen MR) is 314 cm³/mol. The first-order chi connectivity index (χ1) is 37.6. The molecule has 76 heavy (non-hydrogen) atoms. The van der Waals surface area contributed by atoms with Gasteiger partial charge in [0, 0.05) is 74.9 Å². The van der Waals surface area contributed by atoms with Crippen LogP contribution in [-0.4, -0.2) is 19.5 Å². The van der Waals surface area contributed by atoms with Crippen LogP contribution in [-0.2, 0) is 0 Å². The zero-order chi connectivity index (χ0) is 49.8. The quantitative estimate of drug-likeness (QED) is 0.159. The molecular formula is C69H40N4O2S. The molecule has 0 saturated carbocycles. The summed E-state index contributed by atoms with van der Waals surface area (Å²) in [5, 5.41) is 9.06. The lowest BCUT2D eigenvalue weighted by Gasteiger charge is -2.09. The molecule has 0 spiro atoms. The Morgan fingerprint density at radius 1 is 0.289 bits per heavy atom. The third kappa shape index (κ3) is 6.76. The first kappa shape index (κ1) is 42.5. The summed E-state index contributed by atoms with van der Waals surface area (Å²) in [6.45, 7) is 0. The van der Waals surface area contributed by atoms with Gasteiger partial charge >= 0.3 is 0 Å². The van der Waals surface area contributed by atoms with Crippen molar-refractivity contribution in [3.05, 3.63) is 243 Å². The molecule has 354 valence electrons. The highest BCUT2D eigenvalue weighted by molar-refractivity contribution is 7.25. The molecule has 0 bridgehead atoms. The lowest BCUT2D eigenvalue weighted by Crippen LogP contribution is -2.00. The maximum absolute atomic E-state index is 6.60. The van der Waals surface area contributed by atoms with Crippen molar-refractivity contribution in [2.75, 3.05) is 0 Å². The van der Waals surface area contributed by atoms with E-state index in [-0.39, 0.29) is 0 Å². The first-order valence-electron chi connectivity index (χ1n) is 25.5. The monoisotopic (exact) mass is 988 g/mol. The molecule has 16 rings (SSSR count). The zero-order valence-corrected chi connectivity index (χ0v) is 41.4. The minimum absolute atomic E-state index is 0.552. The molecule has 0 aliphatic heterocycles. The Labute approximate surface area is 439 Å². The SMILES string of the molecule is c1ccc(-c2nc(-c3ccc4c(c3)oc3cccc(-c5ccccc5)c34)nc(-c3cccc4oc5ccc(-c6ccc7sc8cc(-c9ccc%10c(c9)c9ccccc9n%10-c9ccccc9)ccc8c7c6)cc5c34)n2)cc1. The third-order valence-corrected chi connectivity index (χ3v) is 16.2. The highest BCUT2D eigenvalue weighted by atomic mass is 32.1. The second-order valence-corrected chi connectivity index (χ2v) is 20.5. The lowest BCUT2D eigenvalue weighted by atomic mass is 9.98. The van der Waals surface area contributed by atoms with Gasteiger partial charge in [0.2, 0.25) is 0 Å². The van der Waals surface area contributed by atoms with Crippen molar-refractivity contribution in [2.24, 2.45) is 0 Å². The van der Waals surface area contributed by atoms with E-state index in [0.29, 0.717) is 17.5 Å². The Kier molecular flexibility index (Phi) is 9.40. The van der Waals surface area contributed by atoms with Crippen LogP contribution in [0.4, 0.5) is 0 Å². The normalized spacial score (nSPS) is 11.9. The fourth-order valence-corrected chi connectivity index (χ4v) is 12.6. The Morgan fingerprint density at radius 3 is 1.66 bits per heavy atom. The van der Waals surface area contributed by atoms with Gasteiger partial charge in [-0.15, -0.1) is 11.3 Å². The first-order valence-corrected chi connectivity index (χ1v) is 26.3. The van der Waals surface area contributed by atoms with Crippen LogP contribution in [0.1, 0.15) is 0 Å². The molecule has 0 amide bonds. The molecular weight excluding hydrogens is 949 g/mol. The molecule has 0 radical (unpaired) electrons. The van der Waals surface area contributed by atoms with Crippen molar-refractivity contribution >= 4 is 97.2 Å². The lowest BCUT2D eigenvalue weighted by molar-refractivity contribution is 0.668. The van der Waals surface area contributed by atoms with Crippen LogP contribution in [0.2, 0.25) is 0 Å². The Hall–Kier alpha value is -9.95. The molecule has 11 aromatic carbocycles. The molecule has 0 saturated heterocycles. The van der Waals surface area contributed by atoms with E-state index in [1.807, 2.05) is 65.9 Å². The van der Waals surface area contributed by atoms with Crippen molar-refractivity contribution in [2.45, 2.75) is 0 Å². The van der Waals surface area contributed by atoms with Crippen LogP contribution in [0.3, 0.4) is 0 Å². The molecule has 0 aliphatic carbocycles. The van der Waals surface area contributed by atoms with E-state index >= 15 is 0 Å². The van der Waals surface area contributed by atoms with Gasteiger partial charge < -0.3 is 13.4 Å². The standard InChI is InChI=1S/C69H40N4O2S/c1-4-14-41(15-5-1)49-21-12-24-60-65(49)52-32-27-47(39-62(52)75-60)68-70-67(42-16-6-2-7-17-42)71-69(72-68)53-22-13-25-61-66(53)56-38-44(29-34-59(56)74-61)45-30-35-63-55(37-45)51-31-26-46(40-64(51)76-63)43-28-33-58-54(36-43)50-20-10-11-23-57(50)73(58)48-18-8-3-9-19-48/h1-40H. The van der Waals surface area contributed by atoms with Gasteiger partial charge in [-0.2, -0.15) is 0 Å². The molecule has 5 aromatic heterocycles. The van der Waals surface area contributed by atoms with Crippen molar-refractivity contribution in [1.82, 2.24) is 19.5 Å². The van der Waals surface area contributed by atoms with Crippen molar-refractivity contribution < 1.29 is 8.83 Å². The third-order valence-electron chi connectivity index (χ3n) is 15.1. The van der Waals surface area contributed by atoms with Gasteiger partial charge in [-0.3, -0.25) is 0 Å². The summed E-state index contributed by atoms with van der Waals surface area (Å²) in [7, 11) is 0. The van der Waals surface area contributed by atoms with Gasteiger partial charge in [-0.25, -0.2) is 15.0 Å². The average Bonchev–Trinajstić information content (AvgIpc) is 4.30. The van der Waals surface area contributed by atoms with Crippen LogP contribution in [0.25, 0.3) is 159 Å². The van der Waals surface area contributed by atoms with E-state index in [1.54, 1.807) is 0 Å². The summed E-state index contributed by atoms with van der Waals surface area (Å²) in [6.07, 6.45) is 0. The van der Waals surface area contributed by atoms with E-state index in [9.17, 15) is 0 Å². The van der Waals surface area contributed by atoms with Crippen molar-refractivity contribution in [3.63, 3.8) is 0 Å². The summed E-state index contributed by atoms with van der Waals surface area (Å²) in [4.78, 5) is 15.6. The van der Waals surface area contributed by atoms with Gasteiger partial charge in [0.15, 0.2) is 17.5 Å². The van der Waals surface area contributed by atoms with Crippen LogP contribution in [0.5, 0.6) is 0 Å². The second kappa shape index (κ2) is 16.8. The molecule has 0 aliphatic rings. The minimum atomic E-state index is 0.552. The highest BCUT2D eigenvalue weighted by Crippen LogP contribution is 2.44. The van der Waals surface area contributed by atoms with Crippen molar-refractivity contribution in [3.8, 4) is 73.2 Å². The Morgan fingerprint density at radius 2 is 0.855 bits per heavy atom. The number of hydrogen-bond acceptors (Lipinski definition) is 6. The topological polar surface area (TPSA) is 69.9 Å². The average molecular weight is 989 g/mol. The van der Waals surface area contributed by atoms with E-state index in [0.717, 1.165) is 88.5 Å². The Bertz CT molecular complexity index is 4990. The second-order valence-electron chi connectivity index (χ2n) is 19.5. The number of thiophene rings is 1. The van der Waals surface area contributed by atoms with Crippen LogP contribution < -0.4 is 0 Å². The number of aromatic nitrogens is 4. The van der Waals surface area contributed by atoms with Crippen LogP contribution in [0, 0.1) is 0 Å². The molecule has 6 nitrogen and oxygen atoms in total. The predicted octanol–water partition coefficient (Wildman–Crippen LogP) is 19.1. The van der Waals surface area contributed by atoms with E-state index in [4.69, 9.17) is 23.8 Å². The maximum Gasteiger partial charge on any atom is 0.164 e. The summed E-state index contributed by atoms with van der Waals surface area (Å²) in [5.41, 5.74) is 16.2. The van der Waals surface area contributed by atoms with Gasteiger partial charge in [0.05, 0.1) is 11.0 Å². The highest BCUT2D eigenvalue weighted by Gasteiger charge is 2.21. The molecule has 0 atom stereocenters. The maximum atomic E-state index is 6.60. The van der Waals surface area contributed by atoms with E-state index in [1.165, 1.54) is 53.1 Å². The molecule has 0 N–H and O–H groups in total. The van der Waals surface area contributed by atoms with Gasteiger partial charge in [0.25, 0.3) is 0 Å². The fourth-order valence-electron chi connectivity index (χ4n) is 11.5. The minimum Gasteiger partial charge on any atom is -0.456 e. The van der Waals surface area contributed by atoms with Crippen LogP contribution in [0.15, 0.2) is 251 Å². The number of benzene rings is 11. The van der Waals surface area contributed by atoms with E-state index < -0.39 is 0 Å². The summed E-state index contributed by atoms with van der Waals surface area (Å²) < 4.78 is 18.0. The van der Waals surface area contributed by atoms with E-state index in [2.05, 4.69) is 193 Å². The molecule has 0 unspecified atom stereocenters. The molecule has 0 fully saturated rings. The Balaban J connectivity index is 0.784. The summed E-state index contributed by atoms with van der Waals surface area (Å²) in [5.74, 6) is 1.69.